The molecule has 0 aliphatic rings. The normalized spacial score (nSPS) is 14.7. The minimum absolute atomic E-state index is 0.155. The Morgan fingerprint density at radius 2 is 0.979 bits per heavy atom. The van der Waals surface area contributed by atoms with Crippen LogP contribution in [0.1, 0.15) is 136 Å². The van der Waals surface area contributed by atoms with Crippen LogP contribution in [0.4, 0.5) is 0 Å². The van der Waals surface area contributed by atoms with Crippen LogP contribution >= 0.6 is 7.82 Å². The van der Waals surface area contributed by atoms with Gasteiger partial charge in [-0.3, -0.25) is 18.6 Å². The van der Waals surface area contributed by atoms with Gasteiger partial charge in [0.2, 0.25) is 0 Å². The molecule has 0 aliphatic heterocycles. The lowest BCUT2D eigenvalue weighted by Crippen LogP contribution is -2.28. The van der Waals surface area contributed by atoms with Gasteiger partial charge in [-0.25, -0.2) is 4.57 Å². The third-order valence-electron chi connectivity index (χ3n) is 7.28. The lowest BCUT2D eigenvalue weighted by Gasteiger charge is -2.20. The molecule has 0 saturated carbocycles. The molecule has 3 atom stereocenters. The van der Waals surface area contributed by atoms with Crippen molar-refractivity contribution in [3.05, 3.63) is 48.6 Å². The van der Waals surface area contributed by atoms with E-state index >= 15 is 0 Å². The van der Waals surface area contributed by atoms with E-state index in [0.29, 0.717) is 12.8 Å². The summed E-state index contributed by atoms with van der Waals surface area (Å²) in [4.78, 5) is 34.3. The monoisotopic (exact) mass is 700 g/mol. The maximum atomic E-state index is 12.3. The maximum absolute atomic E-state index is 12.3. The molecule has 0 heterocycles. The second kappa shape index (κ2) is 33.4. The number of aliphatic hydroxyl groups excluding tert-OH is 2. The van der Waals surface area contributed by atoms with E-state index in [9.17, 15) is 29.3 Å². The second-order valence-electron chi connectivity index (χ2n) is 11.8. The molecule has 0 aliphatic carbocycles. The zero-order chi connectivity index (χ0) is 35.6. The molecule has 10 nitrogen and oxygen atoms in total. The van der Waals surface area contributed by atoms with Gasteiger partial charge in [0, 0.05) is 12.8 Å². The summed E-state index contributed by atoms with van der Waals surface area (Å²) in [5, 5.41) is 19.0. The molecule has 48 heavy (non-hydrogen) atoms. The van der Waals surface area contributed by atoms with Crippen molar-refractivity contribution in [3.8, 4) is 0 Å². The molecule has 278 valence electrons. The van der Waals surface area contributed by atoms with Gasteiger partial charge in [-0.15, -0.1) is 0 Å². The highest BCUT2D eigenvalue weighted by Crippen LogP contribution is 2.43. The van der Waals surface area contributed by atoms with Gasteiger partial charge in [-0.1, -0.05) is 101 Å². The summed E-state index contributed by atoms with van der Waals surface area (Å²) >= 11 is 0. The summed E-state index contributed by atoms with van der Waals surface area (Å²) in [7, 11) is -4.64. The molecule has 0 aromatic rings. The van der Waals surface area contributed by atoms with Crippen molar-refractivity contribution in [3.63, 3.8) is 0 Å². The summed E-state index contributed by atoms with van der Waals surface area (Å²) < 4.78 is 32.3. The van der Waals surface area contributed by atoms with Crippen LogP contribution < -0.4 is 0 Å². The van der Waals surface area contributed by atoms with Gasteiger partial charge >= 0.3 is 19.8 Å². The van der Waals surface area contributed by atoms with E-state index in [-0.39, 0.29) is 12.8 Å². The van der Waals surface area contributed by atoms with Crippen LogP contribution in [0.2, 0.25) is 0 Å². The first-order chi connectivity index (χ1) is 23.3. The van der Waals surface area contributed by atoms with E-state index in [2.05, 4.69) is 62.5 Å². The third kappa shape index (κ3) is 31.2. The number of carbonyl (C=O) groups excluding carboxylic acids is 2. The summed E-state index contributed by atoms with van der Waals surface area (Å²) in [6.45, 7) is 1.98. The van der Waals surface area contributed by atoms with Crippen molar-refractivity contribution < 1.29 is 47.8 Å². The smallest absolute Gasteiger partial charge is 0.457 e. The van der Waals surface area contributed by atoms with E-state index in [4.69, 9.17) is 18.5 Å². The average molecular weight is 701 g/mol. The molecule has 11 heteroatoms. The number of ether oxygens (including phenoxy) is 2. The van der Waals surface area contributed by atoms with Crippen molar-refractivity contribution >= 4 is 19.8 Å². The van der Waals surface area contributed by atoms with Gasteiger partial charge in [-0.2, -0.15) is 0 Å². The highest BCUT2D eigenvalue weighted by Gasteiger charge is 2.27. The Kier molecular flexibility index (Phi) is 32.0. The zero-order valence-corrected chi connectivity index (χ0v) is 30.6. The van der Waals surface area contributed by atoms with E-state index in [1.807, 2.05) is 0 Å². The molecular formula is C37H65O10P. The molecule has 0 saturated heterocycles. The Hall–Kier alpha value is -2.07. The number of esters is 2. The van der Waals surface area contributed by atoms with Gasteiger partial charge in [-0.05, 0) is 70.6 Å². The molecule has 0 aromatic heterocycles. The first-order valence-corrected chi connectivity index (χ1v) is 19.6. The number of phosphoric acid groups is 1. The Bertz CT molecular complexity index is 946. The Balaban J connectivity index is 4.07. The molecule has 0 radical (unpaired) electrons. The maximum Gasteiger partial charge on any atom is 0.472 e. The molecule has 0 fully saturated rings. The van der Waals surface area contributed by atoms with Crippen LogP contribution in [-0.2, 0) is 32.7 Å². The predicted molar refractivity (Wildman–Crippen MR) is 191 cm³/mol. The lowest BCUT2D eigenvalue weighted by atomic mass is 10.1. The fourth-order valence-electron chi connectivity index (χ4n) is 4.47. The summed E-state index contributed by atoms with van der Waals surface area (Å²) in [6.07, 6.45) is 32.4. The first kappa shape index (κ1) is 45.9. The molecule has 0 aromatic carbocycles. The average Bonchev–Trinajstić information content (AvgIpc) is 3.07. The standard InChI is InChI=1S/C37H65O10P/c1-3-5-7-9-11-13-15-17-19-21-23-25-27-29-37(41)47-35(31-39)33-45-48(42,43)44-32-34(30-38)46-36(40)28-26-24-22-20-18-16-14-12-10-8-6-4-2/h5,7,11-14,17,19,34-35,38-39H,3-4,6,8-10,15-16,18,20-33H2,1-2H3,(H,42,43)/b7-5-,13-11-,14-12-,19-17-. The van der Waals surface area contributed by atoms with Crippen LogP contribution in [-0.4, -0.2) is 65.7 Å². The number of phosphoric ester groups is 1. The van der Waals surface area contributed by atoms with Crippen molar-refractivity contribution in [2.75, 3.05) is 26.4 Å². The van der Waals surface area contributed by atoms with Crippen molar-refractivity contribution in [1.29, 1.82) is 0 Å². The largest absolute Gasteiger partial charge is 0.472 e. The highest BCUT2D eigenvalue weighted by molar-refractivity contribution is 7.47. The molecule has 0 amide bonds. The van der Waals surface area contributed by atoms with Gasteiger partial charge in [0.1, 0.15) is 12.2 Å². The van der Waals surface area contributed by atoms with Gasteiger partial charge in [0.05, 0.1) is 26.4 Å². The zero-order valence-electron chi connectivity index (χ0n) is 29.7. The Morgan fingerprint density at radius 3 is 1.46 bits per heavy atom. The number of hydrogen-bond acceptors (Lipinski definition) is 9. The van der Waals surface area contributed by atoms with Crippen LogP contribution in [0.3, 0.4) is 0 Å². The second-order valence-corrected chi connectivity index (χ2v) is 13.3. The van der Waals surface area contributed by atoms with E-state index in [0.717, 1.165) is 77.0 Å². The summed E-state index contributed by atoms with van der Waals surface area (Å²) in [5.41, 5.74) is 0. The van der Waals surface area contributed by atoms with Gasteiger partial charge < -0.3 is 24.6 Å². The molecule has 0 bridgehead atoms. The first-order valence-electron chi connectivity index (χ1n) is 18.1. The minimum Gasteiger partial charge on any atom is -0.457 e. The predicted octanol–water partition coefficient (Wildman–Crippen LogP) is 8.60. The van der Waals surface area contributed by atoms with Crippen LogP contribution in [0, 0.1) is 0 Å². The minimum atomic E-state index is -4.64. The summed E-state index contributed by atoms with van der Waals surface area (Å²) in [6, 6.07) is 0. The number of hydrogen-bond donors (Lipinski definition) is 3. The summed E-state index contributed by atoms with van der Waals surface area (Å²) in [5.74, 6) is -1.06. The van der Waals surface area contributed by atoms with Gasteiger partial charge in [0.25, 0.3) is 0 Å². The number of carbonyl (C=O) groups is 2. The Morgan fingerprint density at radius 1 is 0.583 bits per heavy atom. The quantitative estimate of drug-likeness (QED) is 0.0263. The number of allylic oxidation sites excluding steroid dienone is 8. The number of unbranched alkanes of at least 4 members (excludes halogenated alkanes) is 11. The van der Waals surface area contributed by atoms with E-state index < -0.39 is 58.4 Å². The molecule has 0 rings (SSSR count). The molecule has 3 unspecified atom stereocenters. The molecule has 0 spiro atoms. The number of aliphatic hydroxyl groups is 2. The number of rotatable bonds is 33. The van der Waals surface area contributed by atoms with Crippen LogP contribution in [0.5, 0.6) is 0 Å². The topological polar surface area (TPSA) is 149 Å². The molecule has 3 N–H and O–H groups in total. The third-order valence-corrected chi connectivity index (χ3v) is 8.23. The van der Waals surface area contributed by atoms with Crippen molar-refractivity contribution in [1.82, 2.24) is 0 Å². The fourth-order valence-corrected chi connectivity index (χ4v) is 5.26. The van der Waals surface area contributed by atoms with Crippen LogP contribution in [0.15, 0.2) is 48.6 Å². The Labute approximate surface area is 290 Å². The molecular weight excluding hydrogens is 635 g/mol. The van der Waals surface area contributed by atoms with Crippen LogP contribution in [0.25, 0.3) is 0 Å². The SMILES string of the molecule is CC/C=C\C/C=C\C/C=C\CCCCCC(=O)OC(CO)COP(=O)(O)OCC(CO)OC(=O)CCCCCCC/C=C\CCCCC. The van der Waals surface area contributed by atoms with E-state index in [1.54, 1.807) is 0 Å². The fraction of sp³-hybridized carbons (Fsp3) is 0.730. The van der Waals surface area contributed by atoms with Crippen molar-refractivity contribution in [2.45, 2.75) is 148 Å². The lowest BCUT2D eigenvalue weighted by molar-refractivity contribution is -0.153. The van der Waals surface area contributed by atoms with Crippen molar-refractivity contribution in [2.24, 2.45) is 0 Å². The van der Waals surface area contributed by atoms with E-state index in [1.165, 1.54) is 19.3 Å². The highest BCUT2D eigenvalue weighted by atomic mass is 31.2. The van der Waals surface area contributed by atoms with Gasteiger partial charge in [0.15, 0.2) is 0 Å².